The summed E-state index contributed by atoms with van der Waals surface area (Å²) >= 11 is 0. The Morgan fingerprint density at radius 1 is 1.42 bits per heavy atom. The van der Waals surface area contributed by atoms with Gasteiger partial charge in [-0.25, -0.2) is 0 Å². The first-order valence-electron chi connectivity index (χ1n) is 6.36. The number of amides is 1. The lowest BCUT2D eigenvalue weighted by molar-refractivity contribution is 0.0863. The molecule has 6 nitrogen and oxygen atoms in total. The third-order valence-electron chi connectivity index (χ3n) is 3.51. The molecule has 0 radical (unpaired) electrons. The van der Waals surface area contributed by atoms with Gasteiger partial charge in [0.1, 0.15) is 5.54 Å². The molecule has 1 saturated carbocycles. The molecule has 2 aromatic heterocycles. The van der Waals surface area contributed by atoms with Crippen molar-refractivity contribution in [3.63, 3.8) is 0 Å². The summed E-state index contributed by atoms with van der Waals surface area (Å²) < 4.78 is 10.2. The molecule has 1 aliphatic carbocycles. The van der Waals surface area contributed by atoms with E-state index in [0.717, 1.165) is 25.7 Å². The average Bonchev–Trinajstić information content (AvgIpc) is 3.08. The van der Waals surface area contributed by atoms with E-state index in [-0.39, 0.29) is 5.91 Å². The van der Waals surface area contributed by atoms with Gasteiger partial charge in [0.2, 0.25) is 5.89 Å². The van der Waals surface area contributed by atoms with Crippen molar-refractivity contribution in [3.8, 4) is 0 Å². The second kappa shape index (κ2) is 4.53. The van der Waals surface area contributed by atoms with Crippen LogP contribution in [0.1, 0.15) is 48.0 Å². The zero-order valence-electron chi connectivity index (χ0n) is 10.7. The lowest BCUT2D eigenvalue weighted by Crippen LogP contribution is -2.44. The minimum absolute atomic E-state index is 0.241. The van der Waals surface area contributed by atoms with E-state index in [9.17, 15) is 4.79 Å². The minimum atomic E-state index is -0.526. The maximum absolute atomic E-state index is 12.2. The highest BCUT2D eigenvalue weighted by atomic mass is 16.5. The first-order chi connectivity index (χ1) is 9.20. The molecule has 2 heterocycles. The Bertz CT molecular complexity index is 568. The smallest absolute Gasteiger partial charge is 0.287 e. The zero-order chi connectivity index (χ0) is 13.3. The van der Waals surface area contributed by atoms with Gasteiger partial charge in [0, 0.05) is 6.92 Å². The Morgan fingerprint density at radius 2 is 2.21 bits per heavy atom. The highest BCUT2D eigenvalue weighted by molar-refractivity contribution is 5.92. The molecule has 3 rings (SSSR count). The molecule has 19 heavy (non-hydrogen) atoms. The summed E-state index contributed by atoms with van der Waals surface area (Å²) in [5.74, 6) is 1.12. The largest absolute Gasteiger partial charge is 0.459 e. The lowest BCUT2D eigenvalue weighted by Gasteiger charge is -2.26. The van der Waals surface area contributed by atoms with Crippen molar-refractivity contribution in [1.82, 2.24) is 15.5 Å². The van der Waals surface area contributed by atoms with E-state index < -0.39 is 5.54 Å². The van der Waals surface area contributed by atoms with E-state index >= 15 is 0 Å². The Balaban J connectivity index is 1.87. The van der Waals surface area contributed by atoms with Crippen LogP contribution in [0.15, 0.2) is 27.3 Å². The Kier molecular flexibility index (Phi) is 2.85. The predicted octanol–water partition coefficient (Wildman–Crippen LogP) is 2.17. The molecule has 0 aliphatic heterocycles. The van der Waals surface area contributed by atoms with Gasteiger partial charge < -0.3 is 14.3 Å². The van der Waals surface area contributed by atoms with Gasteiger partial charge in [-0.05, 0) is 25.0 Å². The molecular formula is C13H15N3O3. The molecule has 100 valence electrons. The van der Waals surface area contributed by atoms with Crippen molar-refractivity contribution in [2.24, 2.45) is 0 Å². The fraction of sp³-hybridized carbons (Fsp3) is 0.462. The number of nitrogens with zero attached hydrogens (tertiary/aromatic N) is 2. The molecule has 1 aliphatic rings. The first kappa shape index (κ1) is 12.0. The molecule has 0 spiro atoms. The summed E-state index contributed by atoms with van der Waals surface area (Å²) in [7, 11) is 0. The van der Waals surface area contributed by atoms with Gasteiger partial charge in [-0.15, -0.1) is 0 Å². The molecule has 6 heteroatoms. The van der Waals surface area contributed by atoms with Crippen LogP contribution in [0, 0.1) is 6.92 Å². The molecule has 1 fully saturated rings. The van der Waals surface area contributed by atoms with E-state index in [2.05, 4.69) is 15.5 Å². The van der Waals surface area contributed by atoms with Gasteiger partial charge in [-0.1, -0.05) is 18.0 Å². The quantitative estimate of drug-likeness (QED) is 0.915. The van der Waals surface area contributed by atoms with Crippen molar-refractivity contribution in [2.45, 2.75) is 38.1 Å². The standard InChI is InChI=1S/C13H15N3O3/c1-9-14-12(16-19-9)13(6-2-3-7-13)15-11(17)10-5-4-8-18-10/h4-5,8H,2-3,6-7H2,1H3,(H,15,17). The van der Waals surface area contributed by atoms with Crippen LogP contribution in [0.4, 0.5) is 0 Å². The fourth-order valence-electron chi connectivity index (χ4n) is 2.56. The summed E-state index contributed by atoms with van der Waals surface area (Å²) in [5, 5.41) is 6.98. The van der Waals surface area contributed by atoms with Crippen LogP contribution in [-0.2, 0) is 5.54 Å². The van der Waals surface area contributed by atoms with E-state index in [4.69, 9.17) is 8.94 Å². The number of carbonyl (C=O) groups is 1. The third kappa shape index (κ3) is 2.14. The Morgan fingerprint density at radius 3 is 2.79 bits per heavy atom. The summed E-state index contributed by atoms with van der Waals surface area (Å²) in [5.41, 5.74) is -0.526. The topological polar surface area (TPSA) is 81.2 Å². The van der Waals surface area contributed by atoms with Crippen LogP contribution in [0.2, 0.25) is 0 Å². The molecular weight excluding hydrogens is 246 g/mol. The molecule has 0 unspecified atom stereocenters. The van der Waals surface area contributed by atoms with Crippen LogP contribution >= 0.6 is 0 Å². The third-order valence-corrected chi connectivity index (χ3v) is 3.51. The predicted molar refractivity (Wildman–Crippen MR) is 65.4 cm³/mol. The fourth-order valence-corrected chi connectivity index (χ4v) is 2.56. The number of hydrogen-bond donors (Lipinski definition) is 1. The number of aromatic nitrogens is 2. The van der Waals surface area contributed by atoms with Gasteiger partial charge in [-0.3, -0.25) is 4.79 Å². The van der Waals surface area contributed by atoms with E-state index in [1.807, 2.05) is 0 Å². The van der Waals surface area contributed by atoms with Gasteiger partial charge in [-0.2, -0.15) is 4.98 Å². The summed E-state index contributed by atoms with van der Waals surface area (Å²) in [6.07, 6.45) is 5.18. The van der Waals surface area contributed by atoms with E-state index in [1.165, 1.54) is 6.26 Å². The van der Waals surface area contributed by atoms with Gasteiger partial charge >= 0.3 is 0 Å². The van der Waals surface area contributed by atoms with Crippen molar-refractivity contribution in [2.75, 3.05) is 0 Å². The second-order valence-electron chi connectivity index (χ2n) is 4.86. The summed E-state index contributed by atoms with van der Waals surface area (Å²) in [6.45, 7) is 1.74. The van der Waals surface area contributed by atoms with Crippen LogP contribution in [0.5, 0.6) is 0 Å². The number of carbonyl (C=O) groups excluding carboxylic acids is 1. The van der Waals surface area contributed by atoms with Crippen molar-refractivity contribution >= 4 is 5.91 Å². The number of hydrogen-bond acceptors (Lipinski definition) is 5. The monoisotopic (exact) mass is 261 g/mol. The van der Waals surface area contributed by atoms with Crippen molar-refractivity contribution < 1.29 is 13.7 Å². The normalized spacial score (nSPS) is 17.5. The summed E-state index contributed by atoms with van der Waals surface area (Å²) in [4.78, 5) is 16.4. The van der Waals surface area contributed by atoms with Gasteiger partial charge in [0.25, 0.3) is 5.91 Å². The van der Waals surface area contributed by atoms with Gasteiger partial charge in [0.05, 0.1) is 6.26 Å². The first-order valence-corrected chi connectivity index (χ1v) is 6.36. The maximum Gasteiger partial charge on any atom is 0.287 e. The van der Waals surface area contributed by atoms with Crippen molar-refractivity contribution in [3.05, 3.63) is 35.9 Å². The van der Waals surface area contributed by atoms with Crippen LogP contribution in [-0.4, -0.2) is 16.0 Å². The second-order valence-corrected chi connectivity index (χ2v) is 4.86. The van der Waals surface area contributed by atoms with Crippen LogP contribution in [0.3, 0.4) is 0 Å². The lowest BCUT2D eigenvalue weighted by atomic mass is 9.96. The average molecular weight is 261 g/mol. The maximum atomic E-state index is 12.2. The Labute approximate surface area is 110 Å². The SMILES string of the molecule is Cc1nc(C2(NC(=O)c3ccco3)CCCC2)no1. The molecule has 1 amide bonds. The zero-order valence-corrected chi connectivity index (χ0v) is 10.7. The Hall–Kier alpha value is -2.11. The minimum Gasteiger partial charge on any atom is -0.459 e. The number of rotatable bonds is 3. The molecule has 0 aromatic carbocycles. The molecule has 0 atom stereocenters. The van der Waals surface area contributed by atoms with Crippen molar-refractivity contribution in [1.29, 1.82) is 0 Å². The van der Waals surface area contributed by atoms with Crippen LogP contribution < -0.4 is 5.32 Å². The molecule has 2 aromatic rings. The molecule has 0 bridgehead atoms. The van der Waals surface area contributed by atoms with Gasteiger partial charge in [0.15, 0.2) is 11.6 Å². The summed E-state index contributed by atoms with van der Waals surface area (Å²) in [6, 6.07) is 3.33. The molecule has 0 saturated heterocycles. The number of aryl methyl sites for hydroxylation is 1. The number of nitrogens with one attached hydrogen (secondary N) is 1. The molecule has 1 N–H and O–H groups in total. The van der Waals surface area contributed by atoms with Crippen LogP contribution in [0.25, 0.3) is 0 Å². The highest BCUT2D eigenvalue weighted by Gasteiger charge is 2.41. The number of furan rings is 1. The van der Waals surface area contributed by atoms with E-state index in [0.29, 0.717) is 17.5 Å². The van der Waals surface area contributed by atoms with E-state index in [1.54, 1.807) is 19.1 Å². The highest BCUT2D eigenvalue weighted by Crippen LogP contribution is 2.37.